The van der Waals surface area contributed by atoms with Gasteiger partial charge < -0.3 is 19.4 Å². The summed E-state index contributed by atoms with van der Waals surface area (Å²) in [6.07, 6.45) is 4.59. The fraction of sp³-hybridized carbons (Fsp3) is 0.556. The van der Waals surface area contributed by atoms with E-state index >= 15 is 0 Å². The summed E-state index contributed by atoms with van der Waals surface area (Å²) < 4.78 is 11.4. The van der Waals surface area contributed by atoms with E-state index in [2.05, 4.69) is 40.1 Å². The van der Waals surface area contributed by atoms with E-state index in [0.717, 1.165) is 36.8 Å². The van der Waals surface area contributed by atoms with Gasteiger partial charge in [0.05, 0.1) is 12.1 Å². The van der Waals surface area contributed by atoms with E-state index in [-0.39, 0.29) is 12.1 Å². The summed E-state index contributed by atoms with van der Waals surface area (Å²) in [5.74, 6) is 2.93. The van der Waals surface area contributed by atoms with Gasteiger partial charge in [-0.1, -0.05) is 0 Å². The Bertz CT molecular complexity index is 639. The van der Waals surface area contributed by atoms with E-state index < -0.39 is 0 Å². The molecule has 0 aromatic carbocycles. The third-order valence-electron chi connectivity index (χ3n) is 4.84. The molecule has 0 aliphatic carbocycles. The normalized spacial score (nSPS) is 22.1. The van der Waals surface area contributed by atoms with Crippen molar-refractivity contribution in [3.05, 3.63) is 41.7 Å². The first-order chi connectivity index (χ1) is 11.6. The van der Waals surface area contributed by atoms with E-state index in [4.69, 9.17) is 9.15 Å². The van der Waals surface area contributed by atoms with Gasteiger partial charge in [0.15, 0.2) is 0 Å². The highest BCUT2D eigenvalue weighted by atomic mass is 16.5. The van der Waals surface area contributed by atoms with Crippen molar-refractivity contribution in [2.45, 2.75) is 45.4 Å². The lowest BCUT2D eigenvalue weighted by atomic mass is 10.1. The molecule has 3 atom stereocenters. The van der Waals surface area contributed by atoms with E-state index in [1.807, 2.05) is 13.0 Å². The minimum absolute atomic E-state index is 0.172. The van der Waals surface area contributed by atoms with Crippen molar-refractivity contribution in [2.24, 2.45) is 0 Å². The van der Waals surface area contributed by atoms with E-state index in [1.165, 1.54) is 5.56 Å². The predicted molar refractivity (Wildman–Crippen MR) is 93.2 cm³/mol. The molecule has 24 heavy (non-hydrogen) atoms. The first-order valence-electron chi connectivity index (χ1n) is 8.44. The molecule has 0 spiro atoms. The maximum atomic E-state index is 5.82. The molecular weight excluding hydrogens is 304 g/mol. The molecule has 130 valence electrons. The van der Waals surface area contributed by atoms with E-state index in [1.54, 1.807) is 19.6 Å². The lowest BCUT2D eigenvalue weighted by molar-refractivity contribution is 0.118. The second kappa shape index (κ2) is 7.32. The highest BCUT2D eigenvalue weighted by molar-refractivity contribution is 5.40. The van der Waals surface area contributed by atoms with Crippen LogP contribution in [-0.4, -0.2) is 42.3 Å². The third-order valence-corrected chi connectivity index (χ3v) is 4.84. The standard InChI is InChI=1S/C18H26N4O2/c1-12-7-17(24-14(12)3)13(2)20-9-15-8-16(23-4)10-22(15)18-5-6-19-11-21-18/h5-7,11,13,15-16,20H,8-10H2,1-4H3/t13?,15-,16-/m1/s1. The summed E-state index contributed by atoms with van der Waals surface area (Å²) in [6, 6.07) is 4.57. The number of methoxy groups -OCH3 is 1. The number of nitrogens with one attached hydrogen (secondary N) is 1. The molecule has 6 heteroatoms. The molecule has 2 aromatic heterocycles. The Morgan fingerprint density at radius 1 is 1.46 bits per heavy atom. The van der Waals surface area contributed by atoms with Gasteiger partial charge in [0.25, 0.3) is 0 Å². The predicted octanol–water partition coefficient (Wildman–Crippen LogP) is 2.63. The van der Waals surface area contributed by atoms with Crippen LogP contribution in [0.25, 0.3) is 0 Å². The minimum atomic E-state index is 0.172. The molecule has 1 N–H and O–H groups in total. The number of aryl methyl sites for hydroxylation is 2. The molecule has 0 bridgehead atoms. The maximum Gasteiger partial charge on any atom is 0.132 e. The van der Waals surface area contributed by atoms with Gasteiger partial charge in [-0.3, -0.25) is 0 Å². The van der Waals surface area contributed by atoms with Crippen LogP contribution < -0.4 is 10.2 Å². The van der Waals surface area contributed by atoms with Gasteiger partial charge in [0.2, 0.25) is 0 Å². The Morgan fingerprint density at radius 3 is 2.92 bits per heavy atom. The summed E-state index contributed by atoms with van der Waals surface area (Å²) in [5, 5.41) is 3.59. The van der Waals surface area contributed by atoms with Gasteiger partial charge >= 0.3 is 0 Å². The zero-order valence-electron chi connectivity index (χ0n) is 14.8. The second-order valence-electron chi connectivity index (χ2n) is 6.49. The smallest absolute Gasteiger partial charge is 0.132 e. The molecular formula is C18H26N4O2. The lowest BCUT2D eigenvalue weighted by Crippen LogP contribution is -2.39. The van der Waals surface area contributed by atoms with Gasteiger partial charge in [-0.15, -0.1) is 0 Å². The average Bonchev–Trinajstić information content (AvgIpc) is 3.17. The van der Waals surface area contributed by atoms with Crippen molar-refractivity contribution in [2.75, 3.05) is 25.1 Å². The topological polar surface area (TPSA) is 63.4 Å². The number of nitrogens with zero attached hydrogens (tertiary/aromatic N) is 3. The van der Waals surface area contributed by atoms with Crippen LogP contribution >= 0.6 is 0 Å². The highest BCUT2D eigenvalue weighted by Gasteiger charge is 2.33. The lowest BCUT2D eigenvalue weighted by Gasteiger charge is -2.26. The molecule has 3 heterocycles. The van der Waals surface area contributed by atoms with E-state index in [0.29, 0.717) is 6.04 Å². The quantitative estimate of drug-likeness (QED) is 0.878. The molecule has 6 nitrogen and oxygen atoms in total. The Labute approximate surface area is 143 Å². The van der Waals surface area contributed by atoms with Gasteiger partial charge in [-0.05, 0) is 44.9 Å². The van der Waals surface area contributed by atoms with Crippen LogP contribution in [0.2, 0.25) is 0 Å². The molecule has 1 aliphatic heterocycles. The molecule has 0 saturated carbocycles. The fourth-order valence-electron chi connectivity index (χ4n) is 3.20. The fourth-order valence-corrected chi connectivity index (χ4v) is 3.20. The maximum absolute atomic E-state index is 5.82. The van der Waals surface area contributed by atoms with Crippen molar-refractivity contribution < 1.29 is 9.15 Å². The monoisotopic (exact) mass is 330 g/mol. The number of hydrogen-bond acceptors (Lipinski definition) is 6. The van der Waals surface area contributed by atoms with Crippen LogP contribution in [-0.2, 0) is 4.74 Å². The van der Waals surface area contributed by atoms with Crippen molar-refractivity contribution in [1.82, 2.24) is 15.3 Å². The Hall–Kier alpha value is -1.92. The number of aromatic nitrogens is 2. The molecule has 0 radical (unpaired) electrons. The molecule has 1 unspecified atom stereocenters. The van der Waals surface area contributed by atoms with Gasteiger partial charge in [0.1, 0.15) is 23.7 Å². The number of rotatable bonds is 6. The van der Waals surface area contributed by atoms with Crippen molar-refractivity contribution in [1.29, 1.82) is 0 Å². The molecule has 1 saturated heterocycles. The second-order valence-corrected chi connectivity index (χ2v) is 6.49. The van der Waals surface area contributed by atoms with Gasteiger partial charge in [-0.2, -0.15) is 0 Å². The molecule has 2 aromatic rings. The van der Waals surface area contributed by atoms with Crippen LogP contribution in [0.15, 0.2) is 29.1 Å². The first kappa shape index (κ1) is 16.9. The van der Waals surface area contributed by atoms with Crippen LogP contribution in [0.5, 0.6) is 0 Å². The number of furan rings is 1. The van der Waals surface area contributed by atoms with Crippen LogP contribution in [0.3, 0.4) is 0 Å². The summed E-state index contributed by atoms with van der Waals surface area (Å²) in [6.45, 7) is 7.92. The van der Waals surface area contributed by atoms with Gasteiger partial charge in [0, 0.05) is 32.4 Å². The van der Waals surface area contributed by atoms with Crippen molar-refractivity contribution in [3.63, 3.8) is 0 Å². The largest absolute Gasteiger partial charge is 0.464 e. The molecule has 3 rings (SSSR count). The van der Waals surface area contributed by atoms with Crippen LogP contribution in [0.4, 0.5) is 5.82 Å². The summed E-state index contributed by atoms with van der Waals surface area (Å²) in [5.41, 5.74) is 1.20. The molecule has 1 aliphatic rings. The summed E-state index contributed by atoms with van der Waals surface area (Å²) in [4.78, 5) is 10.7. The zero-order chi connectivity index (χ0) is 17.1. The SMILES string of the molecule is CO[C@@H]1C[C@H](CNC(C)c2cc(C)c(C)o2)N(c2ccncn2)C1. The average molecular weight is 330 g/mol. The van der Waals surface area contributed by atoms with Gasteiger partial charge in [-0.25, -0.2) is 9.97 Å². The van der Waals surface area contributed by atoms with Crippen LogP contribution in [0, 0.1) is 13.8 Å². The van der Waals surface area contributed by atoms with E-state index in [9.17, 15) is 0 Å². The number of hydrogen-bond donors (Lipinski definition) is 1. The Morgan fingerprint density at radius 2 is 2.29 bits per heavy atom. The number of ether oxygens (including phenoxy) is 1. The third kappa shape index (κ3) is 3.60. The Balaban J connectivity index is 1.65. The summed E-state index contributed by atoms with van der Waals surface area (Å²) in [7, 11) is 1.77. The highest BCUT2D eigenvalue weighted by Crippen LogP contribution is 2.26. The Kier molecular flexibility index (Phi) is 5.16. The first-order valence-corrected chi connectivity index (χ1v) is 8.44. The minimum Gasteiger partial charge on any atom is -0.464 e. The number of anilines is 1. The van der Waals surface area contributed by atoms with Crippen LogP contribution in [0.1, 0.15) is 36.5 Å². The summed E-state index contributed by atoms with van der Waals surface area (Å²) >= 11 is 0. The van der Waals surface area contributed by atoms with Crippen molar-refractivity contribution in [3.8, 4) is 0 Å². The van der Waals surface area contributed by atoms with Crippen molar-refractivity contribution >= 4 is 5.82 Å². The zero-order valence-corrected chi connectivity index (χ0v) is 14.8. The molecule has 0 amide bonds. The molecule has 1 fully saturated rings.